The first-order chi connectivity index (χ1) is 10.5. The summed E-state index contributed by atoms with van der Waals surface area (Å²) in [6, 6.07) is 16.3. The van der Waals surface area contributed by atoms with E-state index in [2.05, 4.69) is 4.72 Å². The molecule has 0 aliphatic rings. The van der Waals surface area contributed by atoms with Crippen molar-refractivity contribution in [3.63, 3.8) is 0 Å². The number of aromatic hydroxyl groups is 1. The summed E-state index contributed by atoms with van der Waals surface area (Å²) in [7, 11) is -3.88. The third-order valence-electron chi connectivity index (χ3n) is 3.25. The van der Waals surface area contributed by atoms with Crippen LogP contribution in [0, 0.1) is 0 Å². The van der Waals surface area contributed by atoms with E-state index in [1.807, 2.05) is 0 Å². The van der Waals surface area contributed by atoms with Crippen molar-refractivity contribution in [2.45, 2.75) is 4.90 Å². The van der Waals surface area contributed by atoms with E-state index in [1.54, 1.807) is 42.5 Å². The maximum absolute atomic E-state index is 12.6. The quantitative estimate of drug-likeness (QED) is 0.712. The van der Waals surface area contributed by atoms with Crippen LogP contribution in [-0.2, 0) is 10.0 Å². The molecule has 0 spiro atoms. The van der Waals surface area contributed by atoms with Crippen molar-refractivity contribution in [1.82, 2.24) is 0 Å². The van der Waals surface area contributed by atoms with Crippen molar-refractivity contribution in [3.8, 4) is 5.75 Å². The van der Waals surface area contributed by atoms with Gasteiger partial charge in [0.05, 0.1) is 10.6 Å². The largest absolute Gasteiger partial charge is 0.506 e. The van der Waals surface area contributed by atoms with Crippen LogP contribution in [0.1, 0.15) is 0 Å². The van der Waals surface area contributed by atoms with Gasteiger partial charge >= 0.3 is 0 Å². The summed E-state index contributed by atoms with van der Waals surface area (Å²) < 4.78 is 27.7. The Labute approximate surface area is 133 Å². The Morgan fingerprint density at radius 2 is 1.59 bits per heavy atom. The van der Waals surface area contributed by atoms with Crippen molar-refractivity contribution in [2.75, 3.05) is 4.72 Å². The molecule has 112 valence electrons. The Morgan fingerprint density at radius 1 is 0.909 bits per heavy atom. The molecule has 0 saturated carbocycles. The highest BCUT2D eigenvalue weighted by atomic mass is 35.5. The zero-order valence-electron chi connectivity index (χ0n) is 11.3. The summed E-state index contributed by atoms with van der Waals surface area (Å²) in [4.78, 5) is 0.0684. The van der Waals surface area contributed by atoms with Crippen LogP contribution in [0.15, 0.2) is 65.6 Å². The third-order valence-corrected chi connectivity index (χ3v) is 4.98. The first kappa shape index (κ1) is 14.7. The maximum Gasteiger partial charge on any atom is 0.262 e. The van der Waals surface area contributed by atoms with Crippen LogP contribution < -0.4 is 4.72 Å². The van der Waals surface area contributed by atoms with E-state index in [0.717, 1.165) is 5.39 Å². The minimum absolute atomic E-state index is 0.0684. The van der Waals surface area contributed by atoms with Crippen molar-refractivity contribution >= 4 is 38.1 Å². The minimum Gasteiger partial charge on any atom is -0.506 e. The van der Waals surface area contributed by atoms with Gasteiger partial charge in [-0.2, -0.15) is 0 Å². The number of halogens is 1. The Kier molecular flexibility index (Phi) is 3.68. The number of phenolic OH excluding ortho intramolecular Hbond substituents is 1. The highest BCUT2D eigenvalue weighted by Gasteiger charge is 2.20. The van der Waals surface area contributed by atoms with Crippen molar-refractivity contribution in [2.24, 2.45) is 0 Å². The molecule has 0 heterocycles. The average molecular weight is 334 g/mol. The molecule has 3 aromatic rings. The fourth-order valence-corrected chi connectivity index (χ4v) is 3.91. The second-order valence-electron chi connectivity index (χ2n) is 4.72. The molecule has 0 aliphatic carbocycles. The van der Waals surface area contributed by atoms with Crippen molar-refractivity contribution < 1.29 is 13.5 Å². The van der Waals surface area contributed by atoms with E-state index in [9.17, 15) is 13.5 Å². The summed E-state index contributed by atoms with van der Waals surface area (Å²) in [6.45, 7) is 0. The van der Waals surface area contributed by atoms with Crippen LogP contribution in [0.4, 0.5) is 5.69 Å². The predicted octanol–water partition coefficient (Wildman–Crippen LogP) is 4.00. The van der Waals surface area contributed by atoms with Gasteiger partial charge in [-0.05, 0) is 29.7 Å². The molecule has 0 aliphatic heterocycles. The normalized spacial score (nSPS) is 11.5. The Morgan fingerprint density at radius 3 is 2.32 bits per heavy atom. The van der Waals surface area contributed by atoms with Crippen LogP contribution in [0.5, 0.6) is 5.75 Å². The van der Waals surface area contributed by atoms with Gasteiger partial charge in [0.15, 0.2) is 0 Å². The first-order valence-electron chi connectivity index (χ1n) is 6.47. The molecule has 0 fully saturated rings. The van der Waals surface area contributed by atoms with Crippen molar-refractivity contribution in [1.29, 1.82) is 0 Å². The zero-order valence-corrected chi connectivity index (χ0v) is 12.9. The van der Waals surface area contributed by atoms with Crippen LogP contribution in [-0.4, -0.2) is 13.5 Å². The maximum atomic E-state index is 12.6. The first-order valence-corrected chi connectivity index (χ1v) is 8.33. The van der Waals surface area contributed by atoms with Gasteiger partial charge in [0.1, 0.15) is 5.75 Å². The van der Waals surface area contributed by atoms with Gasteiger partial charge in [-0.3, -0.25) is 4.72 Å². The molecule has 0 amide bonds. The molecule has 3 aromatic carbocycles. The summed E-state index contributed by atoms with van der Waals surface area (Å²) >= 11 is 6.16. The van der Waals surface area contributed by atoms with Crippen LogP contribution >= 0.6 is 11.6 Å². The topological polar surface area (TPSA) is 66.4 Å². The molecule has 4 nitrogen and oxygen atoms in total. The van der Waals surface area contributed by atoms with Crippen LogP contribution in [0.3, 0.4) is 0 Å². The zero-order chi connectivity index (χ0) is 15.7. The van der Waals surface area contributed by atoms with Gasteiger partial charge in [0.2, 0.25) is 0 Å². The van der Waals surface area contributed by atoms with Gasteiger partial charge in [0.25, 0.3) is 10.0 Å². The highest BCUT2D eigenvalue weighted by Crippen LogP contribution is 2.32. The summed E-state index contributed by atoms with van der Waals surface area (Å²) in [5, 5.41) is 11.3. The van der Waals surface area contributed by atoms with E-state index in [-0.39, 0.29) is 16.3 Å². The number of para-hydroxylation sites is 2. The molecule has 0 radical (unpaired) electrons. The van der Waals surface area contributed by atoms with Crippen molar-refractivity contribution in [3.05, 3.63) is 65.7 Å². The lowest BCUT2D eigenvalue weighted by atomic mass is 10.1. The predicted molar refractivity (Wildman–Crippen MR) is 87.9 cm³/mol. The molecule has 0 saturated heterocycles. The molecular weight excluding hydrogens is 322 g/mol. The van der Waals surface area contributed by atoms with Gasteiger partial charge in [-0.25, -0.2) is 8.42 Å². The van der Waals surface area contributed by atoms with Crippen LogP contribution in [0.25, 0.3) is 10.8 Å². The molecular formula is C16H12ClNO3S. The lowest BCUT2D eigenvalue weighted by molar-refractivity contribution is 0.477. The molecule has 2 N–H and O–H groups in total. The summed E-state index contributed by atoms with van der Waals surface area (Å²) in [5.41, 5.74) is 0.117. The number of phenols is 1. The number of nitrogens with one attached hydrogen (secondary N) is 1. The molecule has 3 rings (SSSR count). The number of anilines is 1. The van der Waals surface area contributed by atoms with Gasteiger partial charge in [-0.15, -0.1) is 0 Å². The van der Waals surface area contributed by atoms with Crippen LogP contribution in [0.2, 0.25) is 5.02 Å². The monoisotopic (exact) mass is 333 g/mol. The van der Waals surface area contributed by atoms with E-state index in [1.165, 1.54) is 18.2 Å². The molecule has 0 unspecified atom stereocenters. The number of hydrogen-bond donors (Lipinski definition) is 2. The lowest BCUT2D eigenvalue weighted by Gasteiger charge is -2.12. The Hall–Kier alpha value is -2.24. The number of hydrogen-bond acceptors (Lipinski definition) is 3. The molecule has 22 heavy (non-hydrogen) atoms. The van der Waals surface area contributed by atoms with Gasteiger partial charge in [0, 0.05) is 10.4 Å². The van der Waals surface area contributed by atoms with Gasteiger partial charge < -0.3 is 5.11 Å². The molecule has 0 atom stereocenters. The Bertz CT molecular complexity index is 949. The molecule has 0 aromatic heterocycles. The fourth-order valence-electron chi connectivity index (χ4n) is 2.25. The molecule has 0 bridgehead atoms. The van der Waals surface area contributed by atoms with E-state index in [4.69, 9.17) is 11.6 Å². The van der Waals surface area contributed by atoms with Gasteiger partial charge in [-0.1, -0.05) is 48.0 Å². The van der Waals surface area contributed by atoms with E-state index < -0.39 is 10.0 Å². The molecule has 6 heteroatoms. The second-order valence-corrected chi connectivity index (χ2v) is 6.77. The summed E-state index contributed by atoms with van der Waals surface area (Å²) in [5.74, 6) is -0.141. The smallest absolute Gasteiger partial charge is 0.262 e. The van der Waals surface area contributed by atoms with E-state index in [0.29, 0.717) is 10.4 Å². The Balaban J connectivity index is 2.16. The lowest BCUT2D eigenvalue weighted by Crippen LogP contribution is -2.13. The number of fused-ring (bicyclic) bond motifs is 1. The fraction of sp³-hybridized carbons (Fsp3) is 0. The second kappa shape index (κ2) is 5.51. The SMILES string of the molecule is O=S(=O)(Nc1ccccc1O)c1cccc2cccc(Cl)c12. The summed E-state index contributed by atoms with van der Waals surface area (Å²) in [6.07, 6.45) is 0. The number of rotatable bonds is 3. The third kappa shape index (κ3) is 2.61. The standard InChI is InChI=1S/C16H12ClNO3S/c17-12-7-3-5-11-6-4-10-15(16(11)12)22(20,21)18-13-8-1-2-9-14(13)19/h1-10,18-19H. The minimum atomic E-state index is -3.88. The number of benzene rings is 3. The highest BCUT2D eigenvalue weighted by molar-refractivity contribution is 7.93. The average Bonchev–Trinajstić information content (AvgIpc) is 2.49. The van der Waals surface area contributed by atoms with E-state index >= 15 is 0 Å². The number of sulfonamides is 1.